The fourth-order valence-electron chi connectivity index (χ4n) is 1.40. The molecular formula is C10H10ClF3N6. The smallest absolute Gasteiger partial charge is 0.354 e. The van der Waals surface area contributed by atoms with E-state index in [1.807, 2.05) is 0 Å². The van der Waals surface area contributed by atoms with Crippen LogP contribution in [0.2, 0.25) is 5.28 Å². The monoisotopic (exact) mass is 306 g/mol. The van der Waals surface area contributed by atoms with Gasteiger partial charge in [0.05, 0.1) is 0 Å². The van der Waals surface area contributed by atoms with Gasteiger partial charge in [-0.05, 0) is 24.1 Å². The maximum Gasteiger partial charge on any atom is 0.389 e. The first-order valence-corrected chi connectivity index (χ1v) is 6.04. The molecule has 1 N–H and O–H groups in total. The van der Waals surface area contributed by atoms with Crippen molar-refractivity contribution >= 4 is 17.5 Å². The fraction of sp³-hybridized carbons (Fsp3) is 0.400. The third kappa shape index (κ3) is 4.34. The van der Waals surface area contributed by atoms with Crippen LogP contribution in [0, 0.1) is 0 Å². The highest BCUT2D eigenvalue weighted by Gasteiger charge is 2.25. The van der Waals surface area contributed by atoms with Crippen LogP contribution in [0.15, 0.2) is 18.5 Å². The normalized spacial score (nSPS) is 11.6. The molecule has 2 heterocycles. The summed E-state index contributed by atoms with van der Waals surface area (Å²) in [5.74, 6) is 0.297. The Hall–Kier alpha value is -1.90. The zero-order chi connectivity index (χ0) is 14.6. The number of aromatic nitrogens is 5. The quantitative estimate of drug-likeness (QED) is 0.859. The van der Waals surface area contributed by atoms with Crippen molar-refractivity contribution in [3.05, 3.63) is 23.7 Å². The van der Waals surface area contributed by atoms with E-state index < -0.39 is 12.6 Å². The first-order chi connectivity index (χ1) is 9.44. The van der Waals surface area contributed by atoms with Crippen molar-refractivity contribution in [2.24, 2.45) is 0 Å². The van der Waals surface area contributed by atoms with Crippen LogP contribution >= 0.6 is 11.6 Å². The second-order valence-corrected chi connectivity index (χ2v) is 4.16. The highest BCUT2D eigenvalue weighted by Crippen LogP contribution is 2.21. The third-order valence-electron chi connectivity index (χ3n) is 2.23. The topological polar surface area (TPSA) is 68.5 Å². The molecule has 2 rings (SSSR count). The molecule has 0 atom stereocenters. The van der Waals surface area contributed by atoms with E-state index in [0.29, 0.717) is 0 Å². The van der Waals surface area contributed by atoms with Gasteiger partial charge in [-0.15, -0.1) is 0 Å². The first-order valence-electron chi connectivity index (χ1n) is 5.66. The van der Waals surface area contributed by atoms with Gasteiger partial charge in [-0.2, -0.15) is 33.2 Å². The van der Waals surface area contributed by atoms with Crippen molar-refractivity contribution in [2.75, 3.05) is 11.9 Å². The molecule has 0 saturated heterocycles. The van der Waals surface area contributed by atoms with E-state index in [1.165, 1.54) is 10.9 Å². The van der Waals surface area contributed by atoms with Gasteiger partial charge in [0.2, 0.25) is 11.2 Å². The number of halogens is 4. The molecule has 0 fully saturated rings. The average Bonchev–Trinajstić information content (AvgIpc) is 2.86. The summed E-state index contributed by atoms with van der Waals surface area (Å²) in [7, 11) is 0. The minimum Gasteiger partial charge on any atom is -0.354 e. The molecule has 0 unspecified atom stereocenters. The van der Waals surface area contributed by atoms with Gasteiger partial charge in [0.1, 0.15) is 0 Å². The van der Waals surface area contributed by atoms with E-state index in [1.54, 1.807) is 12.3 Å². The lowest BCUT2D eigenvalue weighted by atomic mass is 10.3. The summed E-state index contributed by atoms with van der Waals surface area (Å²) in [6.07, 6.45) is -1.97. The minimum absolute atomic E-state index is 0.0659. The summed E-state index contributed by atoms with van der Waals surface area (Å²) in [5, 5.41) is 6.53. The van der Waals surface area contributed by atoms with Crippen molar-refractivity contribution in [1.82, 2.24) is 24.7 Å². The maximum absolute atomic E-state index is 12.0. The van der Waals surface area contributed by atoms with E-state index in [0.717, 1.165) is 0 Å². The first kappa shape index (κ1) is 14.5. The standard InChI is InChI=1S/C10H10ClF3N6/c11-7-17-8(15-4-1-3-10(12,13)14)19-9(18-7)20-6-2-5-16-20/h2,5-6H,1,3-4H2,(H,15,17,18,19). The fourth-order valence-corrected chi connectivity index (χ4v) is 1.55. The Bertz CT molecular complexity index is 557. The van der Waals surface area contributed by atoms with Crippen molar-refractivity contribution in [3.8, 4) is 5.95 Å². The molecule has 10 heteroatoms. The van der Waals surface area contributed by atoms with Crippen LogP contribution in [-0.2, 0) is 0 Å². The molecule has 6 nitrogen and oxygen atoms in total. The van der Waals surface area contributed by atoms with Crippen LogP contribution in [0.25, 0.3) is 5.95 Å². The van der Waals surface area contributed by atoms with E-state index >= 15 is 0 Å². The molecule has 0 bridgehead atoms. The summed E-state index contributed by atoms with van der Waals surface area (Å²) in [5.41, 5.74) is 0. The lowest BCUT2D eigenvalue weighted by molar-refractivity contribution is -0.134. The average molecular weight is 307 g/mol. The molecule has 0 saturated carbocycles. The third-order valence-corrected chi connectivity index (χ3v) is 2.39. The zero-order valence-corrected chi connectivity index (χ0v) is 10.9. The summed E-state index contributed by atoms with van der Waals surface area (Å²) < 4.78 is 37.4. The molecule has 0 aliphatic heterocycles. The highest BCUT2D eigenvalue weighted by molar-refractivity contribution is 6.28. The molecule has 0 spiro atoms. The predicted molar refractivity (Wildman–Crippen MR) is 65.7 cm³/mol. The molecule has 0 radical (unpaired) electrons. The number of hydrogen-bond acceptors (Lipinski definition) is 5. The zero-order valence-electron chi connectivity index (χ0n) is 10.1. The second-order valence-electron chi connectivity index (χ2n) is 3.82. The molecule has 0 aromatic carbocycles. The SMILES string of the molecule is FC(F)(F)CCCNc1nc(Cl)nc(-n2cccn2)n1. The Morgan fingerprint density at radius 2 is 2.05 bits per heavy atom. The van der Waals surface area contributed by atoms with Gasteiger partial charge in [0.25, 0.3) is 5.95 Å². The van der Waals surface area contributed by atoms with Crippen molar-refractivity contribution in [1.29, 1.82) is 0 Å². The van der Waals surface area contributed by atoms with Crippen molar-refractivity contribution in [2.45, 2.75) is 19.0 Å². The van der Waals surface area contributed by atoms with Gasteiger partial charge in [0.15, 0.2) is 0 Å². The van der Waals surface area contributed by atoms with Crippen LogP contribution in [0.5, 0.6) is 0 Å². The highest BCUT2D eigenvalue weighted by atomic mass is 35.5. The van der Waals surface area contributed by atoms with E-state index in [2.05, 4.69) is 25.4 Å². The van der Waals surface area contributed by atoms with Crippen LogP contribution in [0.1, 0.15) is 12.8 Å². The van der Waals surface area contributed by atoms with Gasteiger partial charge >= 0.3 is 6.18 Å². The number of rotatable bonds is 5. The van der Waals surface area contributed by atoms with Crippen molar-refractivity contribution in [3.63, 3.8) is 0 Å². The Labute approximate surface area is 117 Å². The van der Waals surface area contributed by atoms with Crippen LogP contribution in [0.4, 0.5) is 19.1 Å². The molecule has 20 heavy (non-hydrogen) atoms. The van der Waals surface area contributed by atoms with Crippen LogP contribution in [0.3, 0.4) is 0 Å². The Morgan fingerprint density at radius 3 is 2.70 bits per heavy atom. The second kappa shape index (κ2) is 6.04. The molecular weight excluding hydrogens is 297 g/mol. The lowest BCUT2D eigenvalue weighted by Gasteiger charge is -2.08. The summed E-state index contributed by atoms with van der Waals surface area (Å²) >= 11 is 5.73. The molecule has 0 aliphatic carbocycles. The van der Waals surface area contributed by atoms with Gasteiger partial charge in [-0.1, -0.05) is 0 Å². The lowest BCUT2D eigenvalue weighted by Crippen LogP contribution is -2.13. The Balaban J connectivity index is 1.98. The molecule has 2 aromatic rings. The summed E-state index contributed by atoms with van der Waals surface area (Å²) in [4.78, 5) is 11.7. The number of alkyl halides is 3. The van der Waals surface area contributed by atoms with Gasteiger partial charge in [-0.3, -0.25) is 0 Å². The number of anilines is 1. The number of hydrogen-bond donors (Lipinski definition) is 1. The Kier molecular flexibility index (Phi) is 4.38. The number of nitrogens with zero attached hydrogens (tertiary/aromatic N) is 5. The molecule has 0 amide bonds. The predicted octanol–water partition coefficient (Wildman–Crippen LogP) is 2.47. The van der Waals surface area contributed by atoms with Crippen LogP contribution in [-0.4, -0.2) is 37.5 Å². The molecule has 2 aromatic heterocycles. The van der Waals surface area contributed by atoms with E-state index in [4.69, 9.17) is 11.6 Å². The molecule has 108 valence electrons. The summed E-state index contributed by atoms with van der Waals surface area (Å²) in [6.45, 7) is 0.0817. The summed E-state index contributed by atoms with van der Waals surface area (Å²) in [6, 6.07) is 1.67. The Morgan fingerprint density at radius 1 is 1.25 bits per heavy atom. The van der Waals surface area contributed by atoms with E-state index in [9.17, 15) is 13.2 Å². The van der Waals surface area contributed by atoms with Gasteiger partial charge < -0.3 is 5.32 Å². The van der Waals surface area contributed by atoms with Crippen molar-refractivity contribution < 1.29 is 13.2 Å². The minimum atomic E-state index is -4.17. The number of nitrogens with one attached hydrogen (secondary N) is 1. The van der Waals surface area contributed by atoms with Gasteiger partial charge in [-0.25, -0.2) is 4.68 Å². The van der Waals surface area contributed by atoms with Crippen LogP contribution < -0.4 is 5.32 Å². The molecule has 0 aliphatic rings. The maximum atomic E-state index is 12.0. The largest absolute Gasteiger partial charge is 0.389 e. The van der Waals surface area contributed by atoms with E-state index in [-0.39, 0.29) is 30.1 Å². The van der Waals surface area contributed by atoms with Gasteiger partial charge in [0, 0.05) is 25.4 Å².